The van der Waals surface area contributed by atoms with Gasteiger partial charge in [0.15, 0.2) is 11.5 Å². The van der Waals surface area contributed by atoms with E-state index in [2.05, 4.69) is 31.9 Å². The number of nitrogens with zero attached hydrogens (tertiary/aromatic N) is 1. The van der Waals surface area contributed by atoms with Crippen molar-refractivity contribution in [3.05, 3.63) is 61.4 Å². The first kappa shape index (κ1) is 24.3. The highest BCUT2D eigenvalue weighted by Gasteiger charge is 2.37. The molecule has 0 atom stereocenters. The lowest BCUT2D eigenvalue weighted by atomic mass is 10.1. The molecule has 3 rings (SSSR count). The zero-order valence-electron chi connectivity index (χ0n) is 17.2. The van der Waals surface area contributed by atoms with Crippen LogP contribution in [0.2, 0.25) is 0 Å². The van der Waals surface area contributed by atoms with Crippen molar-refractivity contribution in [2.24, 2.45) is 0 Å². The topological polar surface area (TPSA) is 82.1 Å². The van der Waals surface area contributed by atoms with Crippen LogP contribution in [0, 0.1) is 0 Å². The number of methoxy groups -OCH3 is 1. The number of esters is 1. The molecule has 0 radical (unpaired) electrons. The van der Waals surface area contributed by atoms with Gasteiger partial charge in [-0.2, -0.15) is 0 Å². The molecule has 0 saturated carbocycles. The van der Waals surface area contributed by atoms with E-state index in [1.807, 2.05) is 30.3 Å². The lowest BCUT2D eigenvalue weighted by Crippen LogP contribution is -2.34. The molecule has 1 heterocycles. The smallest absolute Gasteiger partial charge is 0.326 e. The van der Waals surface area contributed by atoms with Crippen molar-refractivity contribution in [1.29, 1.82) is 0 Å². The highest BCUT2D eigenvalue weighted by molar-refractivity contribution is 9.13. The highest BCUT2D eigenvalue weighted by atomic mass is 79.9. The van der Waals surface area contributed by atoms with Crippen molar-refractivity contribution in [2.75, 3.05) is 20.3 Å². The monoisotopic (exact) mass is 583 g/mol. The molecule has 168 valence electrons. The first-order chi connectivity index (χ1) is 15.3. The molecule has 0 N–H and O–H groups in total. The summed E-state index contributed by atoms with van der Waals surface area (Å²) >= 11 is 7.80. The van der Waals surface area contributed by atoms with E-state index in [1.54, 1.807) is 19.1 Å². The van der Waals surface area contributed by atoms with Gasteiger partial charge < -0.3 is 14.2 Å². The number of hydrogen-bond acceptors (Lipinski definition) is 7. The number of halogens is 2. The number of thioether (sulfide) groups is 1. The van der Waals surface area contributed by atoms with Gasteiger partial charge in [0.2, 0.25) is 0 Å². The summed E-state index contributed by atoms with van der Waals surface area (Å²) in [6.45, 7) is 1.75. The number of rotatable bonds is 8. The van der Waals surface area contributed by atoms with Crippen LogP contribution in [0.15, 0.2) is 50.2 Å². The number of carbonyl (C=O) groups excluding carboxylic acids is 3. The third-order valence-electron chi connectivity index (χ3n) is 4.35. The van der Waals surface area contributed by atoms with Crippen LogP contribution in [-0.4, -0.2) is 42.3 Å². The Morgan fingerprint density at radius 2 is 1.88 bits per heavy atom. The van der Waals surface area contributed by atoms with Crippen molar-refractivity contribution in [3.8, 4) is 11.5 Å². The Morgan fingerprint density at radius 3 is 2.53 bits per heavy atom. The quantitative estimate of drug-likeness (QED) is 0.303. The van der Waals surface area contributed by atoms with E-state index >= 15 is 0 Å². The van der Waals surface area contributed by atoms with Crippen LogP contribution < -0.4 is 9.47 Å². The Labute approximate surface area is 206 Å². The van der Waals surface area contributed by atoms with Gasteiger partial charge in [-0.25, -0.2) is 0 Å². The molecule has 2 aromatic carbocycles. The molecule has 2 amide bonds. The molecule has 0 unspecified atom stereocenters. The maximum atomic E-state index is 12.7. The van der Waals surface area contributed by atoms with E-state index < -0.39 is 23.7 Å². The van der Waals surface area contributed by atoms with Crippen molar-refractivity contribution >= 4 is 66.8 Å². The normalized spacial score (nSPS) is 14.8. The lowest BCUT2D eigenvalue weighted by Gasteiger charge is -2.16. The first-order valence-corrected chi connectivity index (χ1v) is 11.9. The summed E-state index contributed by atoms with van der Waals surface area (Å²) in [6, 6.07) is 11.4. The van der Waals surface area contributed by atoms with Crippen LogP contribution in [-0.2, 0) is 20.9 Å². The van der Waals surface area contributed by atoms with Crippen molar-refractivity contribution in [1.82, 2.24) is 4.90 Å². The van der Waals surface area contributed by atoms with Gasteiger partial charge in [-0.05, 0) is 73.8 Å². The Hall–Kier alpha value is -2.30. The molecule has 10 heteroatoms. The Morgan fingerprint density at radius 1 is 1.16 bits per heavy atom. The Kier molecular flexibility index (Phi) is 8.38. The summed E-state index contributed by atoms with van der Waals surface area (Å²) in [7, 11) is 1.52. The number of carbonyl (C=O) groups is 3. The van der Waals surface area contributed by atoms with Crippen LogP contribution in [0.4, 0.5) is 4.79 Å². The predicted molar refractivity (Wildman–Crippen MR) is 128 cm³/mol. The molecule has 0 aliphatic carbocycles. The molecule has 32 heavy (non-hydrogen) atoms. The van der Waals surface area contributed by atoms with E-state index in [-0.39, 0.29) is 11.5 Å². The summed E-state index contributed by atoms with van der Waals surface area (Å²) in [4.78, 5) is 37.6. The van der Waals surface area contributed by atoms with Crippen LogP contribution in [0.25, 0.3) is 6.08 Å². The number of amides is 2. The van der Waals surface area contributed by atoms with Gasteiger partial charge in [-0.3, -0.25) is 19.3 Å². The zero-order chi connectivity index (χ0) is 23.3. The largest absolute Gasteiger partial charge is 0.493 e. The van der Waals surface area contributed by atoms with Crippen molar-refractivity contribution < 1.29 is 28.6 Å². The summed E-state index contributed by atoms with van der Waals surface area (Å²) in [5.74, 6) is -0.246. The summed E-state index contributed by atoms with van der Waals surface area (Å²) in [5.41, 5.74) is 1.60. The second-order valence-electron chi connectivity index (χ2n) is 6.47. The molecular weight excluding hydrogens is 566 g/mol. The van der Waals surface area contributed by atoms with Gasteiger partial charge in [0.25, 0.3) is 11.1 Å². The molecule has 0 spiro atoms. The first-order valence-electron chi connectivity index (χ1n) is 9.49. The molecule has 1 aliphatic rings. The van der Waals surface area contributed by atoms with E-state index in [9.17, 15) is 14.4 Å². The Bertz CT molecular complexity index is 1070. The second kappa shape index (κ2) is 11.0. The van der Waals surface area contributed by atoms with E-state index in [0.717, 1.165) is 22.2 Å². The molecule has 2 aromatic rings. The standard InChI is InChI=1S/C22H19Br2NO6S/c1-3-30-17(26)11-25-21(27)16(32-22(25)28)10-14-9-15(29-2)20(19(24)18(14)23)31-12-13-7-5-4-6-8-13/h4-10H,3,11-12H2,1-2H3/b16-10-. The Balaban J connectivity index is 1.86. The third kappa shape index (κ3) is 5.54. The molecule has 0 bridgehead atoms. The van der Waals surface area contributed by atoms with Crippen LogP contribution in [0.5, 0.6) is 11.5 Å². The van der Waals surface area contributed by atoms with E-state index in [0.29, 0.717) is 32.6 Å². The average Bonchev–Trinajstić information content (AvgIpc) is 3.04. The van der Waals surface area contributed by atoms with Crippen LogP contribution >= 0.6 is 43.6 Å². The van der Waals surface area contributed by atoms with Crippen LogP contribution in [0.3, 0.4) is 0 Å². The fraction of sp³-hybridized carbons (Fsp3) is 0.227. The summed E-state index contributed by atoms with van der Waals surface area (Å²) in [5, 5.41) is -0.528. The summed E-state index contributed by atoms with van der Waals surface area (Å²) in [6.07, 6.45) is 1.56. The molecule has 1 saturated heterocycles. The van der Waals surface area contributed by atoms with Crippen LogP contribution in [0.1, 0.15) is 18.1 Å². The number of benzene rings is 2. The third-order valence-corrected chi connectivity index (χ3v) is 7.40. The average molecular weight is 585 g/mol. The van der Waals surface area contributed by atoms with Crippen molar-refractivity contribution in [2.45, 2.75) is 13.5 Å². The SMILES string of the molecule is CCOC(=O)CN1C(=O)S/C(=C\c2cc(OC)c(OCc3ccccc3)c(Br)c2Br)C1=O. The van der Waals surface area contributed by atoms with Gasteiger partial charge in [0.05, 0.1) is 23.1 Å². The van der Waals surface area contributed by atoms with Gasteiger partial charge >= 0.3 is 5.97 Å². The summed E-state index contributed by atoms with van der Waals surface area (Å²) < 4.78 is 17.5. The van der Waals surface area contributed by atoms with E-state index in [1.165, 1.54) is 7.11 Å². The van der Waals surface area contributed by atoms with Gasteiger partial charge in [-0.1, -0.05) is 30.3 Å². The maximum Gasteiger partial charge on any atom is 0.326 e. The number of hydrogen-bond donors (Lipinski definition) is 0. The zero-order valence-corrected chi connectivity index (χ0v) is 21.2. The maximum absolute atomic E-state index is 12.7. The fourth-order valence-corrected chi connectivity index (χ4v) is 4.62. The molecular formula is C22H19Br2NO6S. The van der Waals surface area contributed by atoms with Gasteiger partial charge in [0.1, 0.15) is 13.2 Å². The second-order valence-corrected chi connectivity index (χ2v) is 9.05. The van der Waals surface area contributed by atoms with E-state index in [4.69, 9.17) is 14.2 Å². The highest BCUT2D eigenvalue weighted by Crippen LogP contribution is 2.44. The molecule has 7 nitrogen and oxygen atoms in total. The fourth-order valence-electron chi connectivity index (χ4n) is 2.84. The molecule has 1 aliphatic heterocycles. The number of ether oxygens (including phenoxy) is 3. The minimum atomic E-state index is -0.637. The molecule has 0 aromatic heterocycles. The molecule has 1 fully saturated rings. The van der Waals surface area contributed by atoms with Gasteiger partial charge in [-0.15, -0.1) is 0 Å². The van der Waals surface area contributed by atoms with Crippen molar-refractivity contribution in [3.63, 3.8) is 0 Å². The number of imide groups is 1. The lowest BCUT2D eigenvalue weighted by molar-refractivity contribution is -0.145. The minimum absolute atomic E-state index is 0.171. The van der Waals surface area contributed by atoms with Gasteiger partial charge in [0, 0.05) is 4.47 Å². The predicted octanol–water partition coefficient (Wildman–Crippen LogP) is 5.40. The minimum Gasteiger partial charge on any atom is -0.493 e.